The molecule has 2 amide bonds. The zero-order chi connectivity index (χ0) is 31.1. The van der Waals surface area contributed by atoms with Crippen LogP contribution in [0, 0.1) is 5.92 Å². The number of nitrogens with zero attached hydrogens (tertiary/aromatic N) is 8. The average Bonchev–Trinajstić information content (AvgIpc) is 3.40. The first-order chi connectivity index (χ1) is 21.8. The van der Waals surface area contributed by atoms with Gasteiger partial charge in [-0.1, -0.05) is 35.1 Å². The van der Waals surface area contributed by atoms with Crippen molar-refractivity contribution >= 4 is 28.6 Å². The molecule has 0 unspecified atom stereocenters. The number of amides is 2. The Labute approximate surface area is 253 Å². The molecule has 1 saturated carbocycles. The number of pyridine rings is 1. The van der Waals surface area contributed by atoms with Gasteiger partial charge in [-0.15, -0.1) is 10.2 Å². The van der Waals surface area contributed by atoms with Crippen molar-refractivity contribution in [2.45, 2.75) is 25.2 Å². The fourth-order valence-electron chi connectivity index (χ4n) is 5.41. The third-order valence-electron chi connectivity index (χ3n) is 7.88. The normalized spacial score (nSPS) is 19.2. The number of nitrogens with one attached hydrogen (secondary N) is 1. The van der Waals surface area contributed by atoms with Crippen LogP contribution in [0.1, 0.15) is 40.9 Å². The SMILES string of the molecule is O=C(Nc1ccc2oc(-c3ccnc(C(=O)N4CCN([C@H](c5ccccc5)c5nnn(C(F)F)n5)CC4)c3)nc2c1)[C@H]1C[C@@H]1F. The van der Waals surface area contributed by atoms with Crippen LogP contribution in [0.3, 0.4) is 0 Å². The standard InChI is InChI=1S/C30H26F3N9O3/c31-21-16-20(21)27(43)35-19-6-7-24-22(15-19)36-28(45-24)18-8-9-34-23(14-18)29(44)41-12-10-40(11-13-41)25(17-4-2-1-3-5-17)26-37-39-42(38-26)30(32)33/h1-9,14-15,20-21,25,30H,10-13,16H2,(H,35,43)/t20-,21-,25+/m0/s1. The predicted octanol–water partition coefficient (Wildman–Crippen LogP) is 4.12. The first-order valence-electron chi connectivity index (χ1n) is 14.3. The zero-order valence-corrected chi connectivity index (χ0v) is 23.6. The van der Waals surface area contributed by atoms with E-state index in [0.717, 1.165) is 5.56 Å². The number of hydrogen-bond acceptors (Lipinski definition) is 9. The Morgan fingerprint density at radius 1 is 1.00 bits per heavy atom. The maximum absolute atomic E-state index is 13.5. The van der Waals surface area contributed by atoms with Gasteiger partial charge in [-0.3, -0.25) is 19.5 Å². The van der Waals surface area contributed by atoms with Gasteiger partial charge in [0.1, 0.15) is 17.4 Å². The second-order valence-corrected chi connectivity index (χ2v) is 10.9. The van der Waals surface area contributed by atoms with E-state index in [-0.39, 0.29) is 40.4 Å². The van der Waals surface area contributed by atoms with Gasteiger partial charge in [0.2, 0.25) is 11.8 Å². The van der Waals surface area contributed by atoms with Crippen LogP contribution in [0.2, 0.25) is 0 Å². The highest BCUT2D eigenvalue weighted by Gasteiger charge is 2.43. The van der Waals surface area contributed by atoms with E-state index >= 15 is 0 Å². The van der Waals surface area contributed by atoms with Crippen molar-refractivity contribution < 1.29 is 27.2 Å². The number of piperazine rings is 1. The number of hydrogen-bond donors (Lipinski definition) is 1. The highest BCUT2D eigenvalue weighted by Crippen LogP contribution is 2.35. The summed E-state index contributed by atoms with van der Waals surface area (Å²) in [5.41, 5.74) is 3.04. The molecule has 5 aromatic rings. The molecule has 0 radical (unpaired) electrons. The summed E-state index contributed by atoms with van der Waals surface area (Å²) in [6.07, 6.45) is 0.651. The number of anilines is 1. The Bertz CT molecular complexity index is 1860. The van der Waals surface area contributed by atoms with Gasteiger partial charge in [0, 0.05) is 43.6 Å². The van der Waals surface area contributed by atoms with Crippen LogP contribution < -0.4 is 5.32 Å². The summed E-state index contributed by atoms with van der Waals surface area (Å²) in [6.45, 7) is -1.31. The van der Waals surface area contributed by atoms with E-state index in [4.69, 9.17) is 4.42 Å². The molecule has 1 aliphatic heterocycles. The monoisotopic (exact) mass is 617 g/mol. The molecular weight excluding hydrogens is 591 g/mol. The van der Waals surface area contributed by atoms with Crippen LogP contribution in [-0.4, -0.2) is 84.1 Å². The Kier molecular flexibility index (Phi) is 7.45. The summed E-state index contributed by atoms with van der Waals surface area (Å²) in [4.78, 5) is 38.4. The number of rotatable bonds is 8. The molecule has 2 aromatic carbocycles. The number of fused-ring (bicyclic) bond motifs is 1. The largest absolute Gasteiger partial charge is 0.436 e. The van der Waals surface area contributed by atoms with E-state index in [2.05, 4.69) is 30.7 Å². The molecule has 12 nitrogen and oxygen atoms in total. The summed E-state index contributed by atoms with van der Waals surface area (Å²) >= 11 is 0. The minimum atomic E-state index is -2.90. The molecule has 1 N–H and O–H groups in total. The van der Waals surface area contributed by atoms with Crippen molar-refractivity contribution in [2.24, 2.45) is 5.92 Å². The Balaban J connectivity index is 1.05. The molecule has 3 aromatic heterocycles. The van der Waals surface area contributed by atoms with Crippen LogP contribution in [0.15, 0.2) is 71.3 Å². The molecular formula is C30H26F3N9O3. The van der Waals surface area contributed by atoms with E-state index in [0.29, 0.717) is 48.5 Å². The van der Waals surface area contributed by atoms with Crippen LogP contribution in [0.4, 0.5) is 18.9 Å². The topological polar surface area (TPSA) is 135 Å². The third kappa shape index (κ3) is 5.85. The van der Waals surface area contributed by atoms with Gasteiger partial charge in [-0.2, -0.15) is 8.78 Å². The molecule has 2 aliphatic rings. The number of carbonyl (C=O) groups is 2. The lowest BCUT2D eigenvalue weighted by molar-refractivity contribution is -0.117. The first kappa shape index (κ1) is 28.6. The number of alkyl halides is 3. The van der Waals surface area contributed by atoms with Crippen LogP contribution in [-0.2, 0) is 4.79 Å². The number of oxazole rings is 1. The van der Waals surface area contributed by atoms with Crippen LogP contribution in [0.5, 0.6) is 0 Å². The van der Waals surface area contributed by atoms with Crippen molar-refractivity contribution in [3.63, 3.8) is 0 Å². The van der Waals surface area contributed by atoms with E-state index in [1.807, 2.05) is 35.2 Å². The zero-order valence-electron chi connectivity index (χ0n) is 23.6. The lowest BCUT2D eigenvalue weighted by Crippen LogP contribution is -2.50. The van der Waals surface area contributed by atoms with E-state index in [9.17, 15) is 22.8 Å². The second-order valence-electron chi connectivity index (χ2n) is 10.9. The molecule has 7 rings (SSSR count). The minimum absolute atomic E-state index is 0.153. The molecule has 0 bridgehead atoms. The van der Waals surface area contributed by atoms with E-state index in [1.54, 1.807) is 35.2 Å². The lowest BCUT2D eigenvalue weighted by atomic mass is 10.0. The fraction of sp³-hybridized carbons (Fsp3) is 0.300. The molecule has 2 fully saturated rings. The number of tetrazole rings is 1. The summed E-state index contributed by atoms with van der Waals surface area (Å²) in [6, 6.07) is 17.1. The van der Waals surface area contributed by atoms with Crippen LogP contribution >= 0.6 is 0 Å². The molecule has 3 atom stereocenters. The summed E-state index contributed by atoms with van der Waals surface area (Å²) in [5, 5.41) is 14.0. The Hall–Kier alpha value is -5.18. The lowest BCUT2D eigenvalue weighted by Gasteiger charge is -2.38. The number of aromatic nitrogens is 6. The molecule has 1 saturated heterocycles. The third-order valence-corrected chi connectivity index (χ3v) is 7.88. The predicted molar refractivity (Wildman–Crippen MR) is 154 cm³/mol. The number of benzene rings is 2. The van der Waals surface area contributed by atoms with Crippen molar-refractivity contribution in [1.29, 1.82) is 0 Å². The van der Waals surface area contributed by atoms with Crippen molar-refractivity contribution in [2.75, 3.05) is 31.5 Å². The molecule has 1 aliphatic carbocycles. The van der Waals surface area contributed by atoms with Gasteiger partial charge in [0.05, 0.1) is 12.0 Å². The van der Waals surface area contributed by atoms with E-state index < -0.39 is 24.7 Å². The van der Waals surface area contributed by atoms with Gasteiger partial charge in [0.25, 0.3) is 5.91 Å². The quantitative estimate of drug-likeness (QED) is 0.273. The summed E-state index contributed by atoms with van der Waals surface area (Å²) < 4.78 is 45.5. The van der Waals surface area contributed by atoms with Crippen molar-refractivity contribution in [3.8, 4) is 11.5 Å². The first-order valence-corrected chi connectivity index (χ1v) is 14.3. The molecule has 45 heavy (non-hydrogen) atoms. The molecule has 230 valence electrons. The van der Waals surface area contributed by atoms with Crippen molar-refractivity contribution in [1.82, 2.24) is 40.0 Å². The Morgan fingerprint density at radius 2 is 1.78 bits per heavy atom. The molecule has 15 heteroatoms. The number of halogens is 3. The Morgan fingerprint density at radius 3 is 2.49 bits per heavy atom. The maximum Gasteiger partial charge on any atom is 0.350 e. The van der Waals surface area contributed by atoms with Gasteiger partial charge >= 0.3 is 6.55 Å². The molecule has 4 heterocycles. The minimum Gasteiger partial charge on any atom is -0.436 e. The van der Waals surface area contributed by atoms with Crippen molar-refractivity contribution in [3.05, 3.63) is 83.9 Å². The molecule has 0 spiro atoms. The highest BCUT2D eigenvalue weighted by atomic mass is 19.3. The van der Waals surface area contributed by atoms with E-state index in [1.165, 1.54) is 6.20 Å². The smallest absolute Gasteiger partial charge is 0.350 e. The summed E-state index contributed by atoms with van der Waals surface area (Å²) in [7, 11) is 0. The van der Waals surface area contributed by atoms with Gasteiger partial charge in [-0.05, 0) is 47.5 Å². The number of carbonyl (C=O) groups excluding carboxylic acids is 2. The van der Waals surface area contributed by atoms with Gasteiger partial charge in [-0.25, -0.2) is 9.37 Å². The fourth-order valence-corrected chi connectivity index (χ4v) is 5.41. The summed E-state index contributed by atoms with van der Waals surface area (Å²) in [5.74, 6) is -0.824. The maximum atomic E-state index is 13.5. The van der Waals surface area contributed by atoms with Gasteiger partial charge < -0.3 is 14.6 Å². The van der Waals surface area contributed by atoms with Gasteiger partial charge in [0.15, 0.2) is 11.4 Å². The highest BCUT2D eigenvalue weighted by molar-refractivity contribution is 5.96. The van der Waals surface area contributed by atoms with Crippen LogP contribution in [0.25, 0.3) is 22.6 Å². The average molecular weight is 618 g/mol. The second kappa shape index (κ2) is 11.7.